The zero-order chi connectivity index (χ0) is 19.5. The lowest BCUT2D eigenvalue weighted by Gasteiger charge is -2.32. The van der Waals surface area contributed by atoms with Crippen molar-refractivity contribution in [2.45, 2.75) is 25.7 Å². The number of aromatic nitrogens is 2. The maximum absolute atomic E-state index is 13.8. The minimum absolute atomic E-state index is 0.0924. The molecule has 0 saturated carbocycles. The minimum atomic E-state index is -0.562. The van der Waals surface area contributed by atoms with Crippen LogP contribution in [0.3, 0.4) is 0 Å². The maximum Gasteiger partial charge on any atom is 0.272 e. The fraction of sp³-hybridized carbons (Fsp3) is 0.318. The average Bonchev–Trinajstić information content (AvgIpc) is 2.72. The summed E-state index contributed by atoms with van der Waals surface area (Å²) in [6.45, 7) is 1.33. The summed E-state index contributed by atoms with van der Waals surface area (Å²) in [6.07, 6.45) is 4.87. The molecule has 1 aromatic carbocycles. The Labute approximate surface area is 162 Å². The molecule has 2 aromatic heterocycles. The summed E-state index contributed by atoms with van der Waals surface area (Å²) in [5, 5.41) is 0.900. The van der Waals surface area contributed by atoms with Crippen LogP contribution in [0.1, 0.15) is 35.3 Å². The Morgan fingerprint density at radius 2 is 2.07 bits per heavy atom. The molecule has 1 unspecified atom stereocenters. The van der Waals surface area contributed by atoms with Crippen molar-refractivity contribution in [3.8, 4) is 0 Å². The van der Waals surface area contributed by atoms with Crippen LogP contribution in [0.25, 0.3) is 11.0 Å². The van der Waals surface area contributed by atoms with Gasteiger partial charge in [-0.1, -0.05) is 6.07 Å². The quantitative estimate of drug-likeness (QED) is 0.673. The van der Waals surface area contributed by atoms with Crippen LogP contribution in [0, 0.1) is 17.6 Å². The number of benzene rings is 1. The summed E-state index contributed by atoms with van der Waals surface area (Å²) in [5.74, 6) is -0.865. The molecule has 4 nitrogen and oxygen atoms in total. The topological polar surface area (TPSA) is 46.1 Å². The average molecular weight is 381 g/mol. The molecule has 1 aliphatic rings. The molecule has 3 aromatic rings. The van der Waals surface area contributed by atoms with Gasteiger partial charge < -0.3 is 4.90 Å². The first-order valence-electron chi connectivity index (χ1n) is 9.55. The van der Waals surface area contributed by atoms with Crippen LogP contribution >= 0.6 is 0 Å². The molecule has 4 rings (SSSR count). The van der Waals surface area contributed by atoms with E-state index >= 15 is 0 Å². The Kier molecular flexibility index (Phi) is 5.28. The van der Waals surface area contributed by atoms with Gasteiger partial charge in [0.1, 0.15) is 17.3 Å². The van der Waals surface area contributed by atoms with Crippen LogP contribution in [0.5, 0.6) is 0 Å². The van der Waals surface area contributed by atoms with Crippen LogP contribution < -0.4 is 0 Å². The van der Waals surface area contributed by atoms with Crippen LogP contribution in [-0.2, 0) is 6.42 Å². The van der Waals surface area contributed by atoms with Crippen LogP contribution in [0.2, 0.25) is 0 Å². The molecule has 0 radical (unpaired) electrons. The zero-order valence-corrected chi connectivity index (χ0v) is 15.4. The number of nitrogens with zero attached hydrogens (tertiary/aromatic N) is 3. The number of rotatable bonds is 4. The summed E-state index contributed by atoms with van der Waals surface area (Å²) in [4.78, 5) is 23.3. The Morgan fingerprint density at radius 1 is 1.18 bits per heavy atom. The second-order valence-electron chi connectivity index (χ2n) is 7.28. The van der Waals surface area contributed by atoms with Gasteiger partial charge in [0, 0.05) is 30.7 Å². The highest BCUT2D eigenvalue weighted by molar-refractivity contribution is 5.94. The molecule has 1 aliphatic heterocycles. The third-order valence-corrected chi connectivity index (χ3v) is 5.33. The number of pyridine rings is 2. The van der Waals surface area contributed by atoms with Crippen molar-refractivity contribution in [1.29, 1.82) is 0 Å². The minimum Gasteiger partial charge on any atom is -0.337 e. The van der Waals surface area contributed by atoms with Crippen molar-refractivity contribution in [2.75, 3.05) is 13.1 Å². The van der Waals surface area contributed by atoms with Gasteiger partial charge in [-0.25, -0.2) is 18.7 Å². The highest BCUT2D eigenvalue weighted by atomic mass is 19.1. The summed E-state index contributed by atoms with van der Waals surface area (Å²) in [7, 11) is 0. The predicted molar refractivity (Wildman–Crippen MR) is 103 cm³/mol. The van der Waals surface area contributed by atoms with Crippen molar-refractivity contribution in [3.63, 3.8) is 0 Å². The normalized spacial score (nSPS) is 17.1. The number of likely N-dealkylation sites (tertiary alicyclic amines) is 1. The van der Waals surface area contributed by atoms with E-state index in [-0.39, 0.29) is 5.91 Å². The molecule has 1 atom stereocenters. The van der Waals surface area contributed by atoms with E-state index in [1.54, 1.807) is 12.3 Å². The highest BCUT2D eigenvalue weighted by Crippen LogP contribution is 2.24. The van der Waals surface area contributed by atoms with E-state index in [0.29, 0.717) is 42.3 Å². The number of carbonyl (C=O) groups excluding carboxylic acids is 1. The van der Waals surface area contributed by atoms with Crippen molar-refractivity contribution < 1.29 is 13.6 Å². The molecule has 1 saturated heterocycles. The van der Waals surface area contributed by atoms with Crippen molar-refractivity contribution >= 4 is 16.9 Å². The van der Waals surface area contributed by atoms with E-state index in [9.17, 15) is 13.6 Å². The van der Waals surface area contributed by atoms with Crippen LogP contribution in [0.4, 0.5) is 8.78 Å². The molecule has 0 bridgehead atoms. The lowest BCUT2D eigenvalue weighted by molar-refractivity contribution is 0.0662. The number of amides is 1. The van der Waals surface area contributed by atoms with Crippen molar-refractivity contribution in [2.24, 2.45) is 5.92 Å². The van der Waals surface area contributed by atoms with Gasteiger partial charge in [-0.2, -0.15) is 0 Å². The summed E-state index contributed by atoms with van der Waals surface area (Å²) in [6, 6.07) is 11.1. The maximum atomic E-state index is 13.8. The zero-order valence-electron chi connectivity index (χ0n) is 15.4. The van der Waals surface area contributed by atoms with E-state index in [1.807, 2.05) is 23.1 Å². The molecule has 0 N–H and O–H groups in total. The lowest BCUT2D eigenvalue weighted by Crippen LogP contribution is -2.40. The van der Waals surface area contributed by atoms with Gasteiger partial charge >= 0.3 is 0 Å². The van der Waals surface area contributed by atoms with Crippen molar-refractivity contribution in [3.05, 3.63) is 71.6 Å². The summed E-state index contributed by atoms with van der Waals surface area (Å²) in [5.41, 5.74) is 1.48. The van der Waals surface area contributed by atoms with E-state index in [0.717, 1.165) is 30.7 Å². The summed E-state index contributed by atoms with van der Waals surface area (Å²) < 4.78 is 26.9. The molecular weight excluding hydrogens is 360 g/mol. The smallest absolute Gasteiger partial charge is 0.272 e. The van der Waals surface area contributed by atoms with Gasteiger partial charge in [-0.05, 0) is 67.5 Å². The summed E-state index contributed by atoms with van der Waals surface area (Å²) >= 11 is 0. The monoisotopic (exact) mass is 381 g/mol. The third kappa shape index (κ3) is 4.01. The van der Waals surface area contributed by atoms with Crippen LogP contribution in [0.15, 0.2) is 48.7 Å². The van der Waals surface area contributed by atoms with Gasteiger partial charge in [-0.3, -0.25) is 4.79 Å². The van der Waals surface area contributed by atoms with Gasteiger partial charge in [0.15, 0.2) is 5.65 Å². The van der Waals surface area contributed by atoms with E-state index in [4.69, 9.17) is 0 Å². The van der Waals surface area contributed by atoms with Gasteiger partial charge in [0.05, 0.1) is 0 Å². The van der Waals surface area contributed by atoms with E-state index < -0.39 is 11.6 Å². The Balaban J connectivity index is 1.41. The van der Waals surface area contributed by atoms with Crippen molar-refractivity contribution in [1.82, 2.24) is 14.9 Å². The molecule has 28 heavy (non-hydrogen) atoms. The largest absolute Gasteiger partial charge is 0.337 e. The number of aryl methyl sites for hydroxylation is 1. The van der Waals surface area contributed by atoms with E-state index in [1.165, 1.54) is 12.1 Å². The lowest BCUT2D eigenvalue weighted by atomic mass is 9.91. The molecule has 6 heteroatoms. The molecular formula is C22H21F2N3O. The van der Waals surface area contributed by atoms with Gasteiger partial charge in [0.2, 0.25) is 0 Å². The second kappa shape index (κ2) is 8.00. The number of carbonyl (C=O) groups is 1. The number of hydrogen-bond acceptors (Lipinski definition) is 3. The standard InChI is InChI=1S/C22H21F2N3O/c23-18-9-7-16(19(24)13-18)6-5-15-3-2-12-27(14-15)22(28)20-10-8-17-4-1-11-25-21(17)26-20/h1,4,7-11,13,15H,2-3,5-6,12,14H2. The number of fused-ring (bicyclic) bond motifs is 1. The highest BCUT2D eigenvalue weighted by Gasteiger charge is 2.25. The molecule has 1 fully saturated rings. The number of piperidine rings is 1. The molecule has 0 aliphatic carbocycles. The first-order chi connectivity index (χ1) is 13.6. The Hall–Kier alpha value is -2.89. The second-order valence-corrected chi connectivity index (χ2v) is 7.28. The van der Waals surface area contributed by atoms with Crippen LogP contribution in [-0.4, -0.2) is 33.9 Å². The number of halogens is 2. The first-order valence-corrected chi connectivity index (χ1v) is 9.55. The molecule has 0 spiro atoms. The Morgan fingerprint density at radius 3 is 2.93 bits per heavy atom. The Bertz CT molecular complexity index is 1010. The third-order valence-electron chi connectivity index (χ3n) is 5.33. The van der Waals surface area contributed by atoms with Gasteiger partial charge in [0.25, 0.3) is 5.91 Å². The molecule has 144 valence electrons. The predicted octanol–water partition coefficient (Wildman–Crippen LogP) is 4.39. The molecule has 3 heterocycles. The van der Waals surface area contributed by atoms with Gasteiger partial charge in [-0.15, -0.1) is 0 Å². The fourth-order valence-electron chi connectivity index (χ4n) is 3.80. The SMILES string of the molecule is O=C(c1ccc2cccnc2n1)N1CCCC(CCc2ccc(F)cc2F)C1. The first kappa shape index (κ1) is 18.5. The molecule has 1 amide bonds. The van der Waals surface area contributed by atoms with E-state index in [2.05, 4.69) is 9.97 Å². The number of hydrogen-bond donors (Lipinski definition) is 0. The fourth-order valence-corrected chi connectivity index (χ4v) is 3.80.